The summed E-state index contributed by atoms with van der Waals surface area (Å²) >= 11 is 6.10. The van der Waals surface area contributed by atoms with Crippen molar-refractivity contribution in [2.45, 2.75) is 13.8 Å². The normalized spacial score (nSPS) is 10.3. The molecule has 1 heterocycles. The highest BCUT2D eigenvalue weighted by Gasteiger charge is 2.12. The summed E-state index contributed by atoms with van der Waals surface area (Å²) in [5, 5.41) is 6.50. The first-order valence-corrected chi connectivity index (χ1v) is 8.84. The molecule has 2 N–H and O–H groups in total. The number of hydrogen-bond acceptors (Lipinski definition) is 5. The molecule has 6 nitrogen and oxygen atoms in total. The first-order chi connectivity index (χ1) is 13.1. The van der Waals surface area contributed by atoms with E-state index >= 15 is 0 Å². The highest BCUT2D eigenvalue weighted by molar-refractivity contribution is 6.31. The number of nitrogens with one attached hydrogen (secondary N) is 2. The standard InChI is InChI=1S/C20H19ClN4O2/c1-3-27-18-10-5-4-8-16(18)24-20-22-12-11-17(25-20)19(26)23-15-9-6-7-14(21)13(15)2/h4-12H,3H2,1-2H3,(H,23,26)(H,22,24,25). The second-order valence-corrected chi connectivity index (χ2v) is 6.09. The molecule has 2 aromatic carbocycles. The van der Waals surface area contributed by atoms with Crippen LogP contribution in [0.1, 0.15) is 23.0 Å². The Morgan fingerprint density at radius 3 is 2.70 bits per heavy atom. The Morgan fingerprint density at radius 1 is 1.11 bits per heavy atom. The van der Waals surface area contributed by atoms with Crippen LogP contribution in [0.25, 0.3) is 0 Å². The van der Waals surface area contributed by atoms with E-state index in [-0.39, 0.29) is 11.6 Å². The van der Waals surface area contributed by atoms with Crippen LogP contribution in [-0.4, -0.2) is 22.5 Å². The van der Waals surface area contributed by atoms with Gasteiger partial charge in [-0.25, -0.2) is 9.97 Å². The van der Waals surface area contributed by atoms with Gasteiger partial charge in [-0.05, 0) is 49.7 Å². The van der Waals surface area contributed by atoms with Crippen LogP contribution in [0.2, 0.25) is 5.02 Å². The van der Waals surface area contributed by atoms with Gasteiger partial charge in [0.25, 0.3) is 5.91 Å². The number of benzene rings is 2. The predicted molar refractivity (Wildman–Crippen MR) is 107 cm³/mol. The maximum absolute atomic E-state index is 12.6. The molecule has 0 fully saturated rings. The van der Waals surface area contributed by atoms with Crippen LogP contribution in [-0.2, 0) is 0 Å². The van der Waals surface area contributed by atoms with Crippen molar-refractivity contribution in [1.29, 1.82) is 0 Å². The first-order valence-electron chi connectivity index (χ1n) is 8.47. The lowest BCUT2D eigenvalue weighted by Gasteiger charge is -2.12. The molecule has 0 aliphatic heterocycles. The fourth-order valence-corrected chi connectivity index (χ4v) is 2.62. The molecular formula is C20H19ClN4O2. The minimum atomic E-state index is -0.344. The number of aromatic nitrogens is 2. The molecule has 1 amide bonds. The fourth-order valence-electron chi connectivity index (χ4n) is 2.45. The van der Waals surface area contributed by atoms with Gasteiger partial charge >= 0.3 is 0 Å². The van der Waals surface area contributed by atoms with Crippen molar-refractivity contribution >= 4 is 34.8 Å². The lowest BCUT2D eigenvalue weighted by Crippen LogP contribution is -2.15. The summed E-state index contributed by atoms with van der Waals surface area (Å²) < 4.78 is 5.58. The molecule has 0 atom stereocenters. The number of carbonyl (C=O) groups is 1. The first kappa shape index (κ1) is 18.7. The molecule has 138 valence electrons. The maximum Gasteiger partial charge on any atom is 0.274 e. The maximum atomic E-state index is 12.6. The number of hydrogen-bond donors (Lipinski definition) is 2. The van der Waals surface area contributed by atoms with Gasteiger partial charge in [0, 0.05) is 16.9 Å². The zero-order valence-electron chi connectivity index (χ0n) is 15.0. The van der Waals surface area contributed by atoms with Gasteiger partial charge in [0.1, 0.15) is 11.4 Å². The number of ether oxygens (including phenoxy) is 1. The van der Waals surface area contributed by atoms with Gasteiger partial charge in [-0.15, -0.1) is 0 Å². The molecule has 0 unspecified atom stereocenters. The van der Waals surface area contributed by atoms with Crippen molar-refractivity contribution in [3.05, 3.63) is 71.0 Å². The van der Waals surface area contributed by atoms with Crippen molar-refractivity contribution in [3.63, 3.8) is 0 Å². The summed E-state index contributed by atoms with van der Waals surface area (Å²) in [5.74, 6) is 0.648. The molecule has 27 heavy (non-hydrogen) atoms. The van der Waals surface area contributed by atoms with Gasteiger partial charge in [-0.3, -0.25) is 4.79 Å². The zero-order valence-corrected chi connectivity index (χ0v) is 15.7. The van der Waals surface area contributed by atoms with Crippen LogP contribution < -0.4 is 15.4 Å². The van der Waals surface area contributed by atoms with Crippen molar-refractivity contribution < 1.29 is 9.53 Å². The molecule has 0 radical (unpaired) electrons. The molecule has 0 saturated heterocycles. The van der Waals surface area contributed by atoms with Crippen LogP contribution >= 0.6 is 11.6 Å². The third kappa shape index (κ3) is 4.54. The van der Waals surface area contributed by atoms with E-state index in [9.17, 15) is 4.79 Å². The molecule has 0 aliphatic rings. The summed E-state index contributed by atoms with van der Waals surface area (Å²) in [4.78, 5) is 21.0. The zero-order chi connectivity index (χ0) is 19.2. The van der Waals surface area contributed by atoms with Crippen molar-refractivity contribution in [2.75, 3.05) is 17.2 Å². The van der Waals surface area contributed by atoms with Crippen LogP contribution in [0.3, 0.4) is 0 Å². The largest absolute Gasteiger partial charge is 0.492 e. The van der Waals surface area contributed by atoms with Gasteiger partial charge in [0.2, 0.25) is 5.95 Å². The number of nitrogens with zero attached hydrogens (tertiary/aromatic N) is 2. The summed E-state index contributed by atoms with van der Waals surface area (Å²) in [5.41, 5.74) is 2.40. The smallest absolute Gasteiger partial charge is 0.274 e. The molecule has 1 aromatic heterocycles. The van der Waals surface area contributed by atoms with E-state index in [1.165, 1.54) is 6.20 Å². The molecule has 0 saturated carbocycles. The molecule has 0 spiro atoms. The van der Waals surface area contributed by atoms with Gasteiger partial charge in [-0.2, -0.15) is 0 Å². The van der Waals surface area contributed by atoms with Gasteiger partial charge < -0.3 is 15.4 Å². The summed E-state index contributed by atoms with van der Waals surface area (Å²) in [6, 6.07) is 14.4. The second-order valence-electron chi connectivity index (χ2n) is 5.69. The van der Waals surface area contributed by atoms with Crippen LogP contribution in [0.5, 0.6) is 5.75 Å². The molecule has 0 aliphatic carbocycles. The molecule has 0 bridgehead atoms. The van der Waals surface area contributed by atoms with E-state index in [0.717, 1.165) is 11.3 Å². The van der Waals surface area contributed by atoms with Crippen LogP contribution in [0, 0.1) is 6.92 Å². The minimum absolute atomic E-state index is 0.237. The van der Waals surface area contributed by atoms with Crippen LogP contribution in [0.4, 0.5) is 17.3 Å². The van der Waals surface area contributed by atoms with Gasteiger partial charge in [-0.1, -0.05) is 29.8 Å². The quantitative estimate of drug-likeness (QED) is 0.638. The van der Waals surface area contributed by atoms with E-state index in [1.807, 2.05) is 38.1 Å². The number of carbonyl (C=O) groups excluding carboxylic acids is 1. The Balaban J connectivity index is 1.79. The van der Waals surface area contributed by atoms with Crippen molar-refractivity contribution in [2.24, 2.45) is 0 Å². The average Bonchev–Trinajstić information content (AvgIpc) is 2.67. The third-order valence-corrected chi connectivity index (χ3v) is 4.25. The van der Waals surface area contributed by atoms with Gasteiger partial charge in [0.05, 0.1) is 12.3 Å². The van der Waals surface area contributed by atoms with E-state index < -0.39 is 0 Å². The summed E-state index contributed by atoms with van der Waals surface area (Å²) in [6.45, 7) is 4.30. The Kier molecular flexibility index (Phi) is 5.88. The average molecular weight is 383 g/mol. The number of rotatable bonds is 6. The Morgan fingerprint density at radius 2 is 1.89 bits per heavy atom. The topological polar surface area (TPSA) is 76.1 Å². The number of halogens is 1. The Labute approximate surface area is 162 Å². The van der Waals surface area contributed by atoms with E-state index in [1.54, 1.807) is 24.3 Å². The fraction of sp³-hybridized carbons (Fsp3) is 0.150. The lowest BCUT2D eigenvalue weighted by atomic mass is 10.2. The van der Waals surface area contributed by atoms with Crippen molar-refractivity contribution in [1.82, 2.24) is 9.97 Å². The number of anilines is 3. The minimum Gasteiger partial charge on any atom is -0.492 e. The molecule has 3 aromatic rings. The SMILES string of the molecule is CCOc1ccccc1Nc1nccc(C(=O)Nc2cccc(Cl)c2C)n1. The lowest BCUT2D eigenvalue weighted by molar-refractivity contribution is 0.102. The molecule has 7 heteroatoms. The molecule has 3 rings (SSSR count). The van der Waals surface area contributed by atoms with Gasteiger partial charge in [0.15, 0.2) is 0 Å². The Hall–Kier alpha value is -3.12. The monoisotopic (exact) mass is 382 g/mol. The summed E-state index contributed by atoms with van der Waals surface area (Å²) in [7, 11) is 0. The number of para-hydroxylation sites is 2. The Bertz CT molecular complexity index is 962. The summed E-state index contributed by atoms with van der Waals surface area (Å²) in [6.07, 6.45) is 1.53. The second kappa shape index (κ2) is 8.51. The van der Waals surface area contributed by atoms with Crippen LogP contribution in [0.15, 0.2) is 54.7 Å². The highest BCUT2D eigenvalue weighted by atomic mass is 35.5. The van der Waals surface area contributed by atoms with Crippen molar-refractivity contribution in [3.8, 4) is 5.75 Å². The number of amides is 1. The highest BCUT2D eigenvalue weighted by Crippen LogP contribution is 2.26. The third-order valence-electron chi connectivity index (χ3n) is 3.84. The van der Waals surface area contributed by atoms with E-state index in [0.29, 0.717) is 29.0 Å². The van der Waals surface area contributed by atoms with E-state index in [4.69, 9.17) is 16.3 Å². The molecular weight excluding hydrogens is 364 g/mol. The predicted octanol–water partition coefficient (Wildman–Crippen LogP) is 4.83. The van der Waals surface area contributed by atoms with E-state index in [2.05, 4.69) is 20.6 Å².